The number of carbonyl (C=O) groups is 2. The molecular weight excluding hydrogens is 412 g/mol. The molecule has 2 aliphatic heterocycles. The van der Waals surface area contributed by atoms with Gasteiger partial charge in [-0.05, 0) is 49.2 Å². The Labute approximate surface area is 187 Å². The minimum Gasteiger partial charge on any atom is -0.485 e. The Bertz CT molecular complexity index is 888. The summed E-state index contributed by atoms with van der Waals surface area (Å²) in [5.41, 5.74) is 2.14. The van der Waals surface area contributed by atoms with Crippen LogP contribution in [0.1, 0.15) is 11.1 Å². The van der Waals surface area contributed by atoms with E-state index in [2.05, 4.69) is 10.6 Å². The van der Waals surface area contributed by atoms with Gasteiger partial charge in [0.2, 0.25) is 0 Å². The van der Waals surface area contributed by atoms with Gasteiger partial charge in [-0.2, -0.15) is 0 Å². The number of hydrogen-bond donors (Lipinski definition) is 2. The minimum atomic E-state index is -1.03. The molecule has 4 rings (SSSR count). The highest BCUT2D eigenvalue weighted by molar-refractivity contribution is 6.29. The van der Waals surface area contributed by atoms with E-state index in [0.29, 0.717) is 37.7 Å². The molecule has 8 heteroatoms. The van der Waals surface area contributed by atoms with Crippen molar-refractivity contribution < 1.29 is 28.5 Å². The number of esters is 2. The molecule has 2 heterocycles. The van der Waals surface area contributed by atoms with Crippen molar-refractivity contribution in [1.29, 1.82) is 0 Å². The first kappa shape index (κ1) is 22.1. The summed E-state index contributed by atoms with van der Waals surface area (Å²) in [6.07, 6.45) is -1.95. The first-order valence-corrected chi connectivity index (χ1v) is 10.8. The van der Waals surface area contributed by atoms with Crippen LogP contribution in [0.5, 0.6) is 11.5 Å². The molecule has 0 amide bonds. The molecule has 0 saturated carbocycles. The largest absolute Gasteiger partial charge is 0.485 e. The number of rotatable bonds is 6. The molecule has 0 spiro atoms. The Hall–Kier alpha value is -3.10. The van der Waals surface area contributed by atoms with Crippen LogP contribution in [0.25, 0.3) is 0 Å². The SMILES string of the molecule is Cc1cccc(OC2CNCC2OC(=O)C(=O)OC2CNCC2Oc2cccc(C)c2)c1. The predicted octanol–water partition coefficient (Wildman–Crippen LogP) is 1.53. The second-order valence-electron chi connectivity index (χ2n) is 8.15. The first-order chi connectivity index (χ1) is 15.5. The average Bonchev–Trinajstić information content (AvgIpc) is 3.37. The average molecular weight is 440 g/mol. The molecule has 2 fully saturated rings. The van der Waals surface area contributed by atoms with Gasteiger partial charge in [0.25, 0.3) is 0 Å². The fourth-order valence-corrected chi connectivity index (χ4v) is 3.83. The van der Waals surface area contributed by atoms with Gasteiger partial charge in [-0.3, -0.25) is 0 Å². The number of nitrogens with one attached hydrogen (secondary N) is 2. The second-order valence-corrected chi connectivity index (χ2v) is 8.15. The molecule has 0 aromatic heterocycles. The summed E-state index contributed by atoms with van der Waals surface area (Å²) >= 11 is 0. The van der Waals surface area contributed by atoms with Crippen LogP contribution >= 0.6 is 0 Å². The van der Waals surface area contributed by atoms with Crippen molar-refractivity contribution in [3.8, 4) is 11.5 Å². The molecule has 2 N–H and O–H groups in total. The molecule has 32 heavy (non-hydrogen) atoms. The Morgan fingerprint density at radius 2 is 1.09 bits per heavy atom. The van der Waals surface area contributed by atoms with Gasteiger partial charge < -0.3 is 29.6 Å². The van der Waals surface area contributed by atoms with Crippen molar-refractivity contribution in [2.45, 2.75) is 38.3 Å². The number of ether oxygens (including phenoxy) is 4. The lowest BCUT2D eigenvalue weighted by Gasteiger charge is -2.22. The zero-order valence-corrected chi connectivity index (χ0v) is 18.2. The molecule has 2 aromatic rings. The van der Waals surface area contributed by atoms with Crippen molar-refractivity contribution in [2.75, 3.05) is 26.2 Å². The van der Waals surface area contributed by atoms with Crippen LogP contribution in [0.4, 0.5) is 0 Å². The highest BCUT2D eigenvalue weighted by Crippen LogP contribution is 2.20. The Balaban J connectivity index is 1.30. The molecule has 8 nitrogen and oxygen atoms in total. The van der Waals surface area contributed by atoms with E-state index >= 15 is 0 Å². The lowest BCUT2D eigenvalue weighted by molar-refractivity contribution is -0.176. The zero-order valence-electron chi connectivity index (χ0n) is 18.2. The maximum Gasteiger partial charge on any atom is 0.417 e. The molecular formula is C24H28N2O6. The summed E-state index contributed by atoms with van der Waals surface area (Å²) in [6, 6.07) is 15.3. The smallest absolute Gasteiger partial charge is 0.417 e. The van der Waals surface area contributed by atoms with E-state index in [0.717, 1.165) is 11.1 Å². The quantitative estimate of drug-likeness (QED) is 0.516. The normalized spacial score (nSPS) is 24.7. The van der Waals surface area contributed by atoms with Crippen molar-refractivity contribution in [2.24, 2.45) is 0 Å². The maximum absolute atomic E-state index is 12.4. The standard InChI is InChI=1S/C24H28N2O6/c1-15-5-3-7-17(9-15)29-19-11-25-13-21(19)31-23(27)24(28)32-22-14-26-12-20(22)30-18-8-4-6-16(2)10-18/h3-10,19-22,25-26H,11-14H2,1-2H3. The molecule has 2 aromatic carbocycles. The fourth-order valence-electron chi connectivity index (χ4n) is 3.83. The Kier molecular flexibility index (Phi) is 6.92. The number of carbonyl (C=O) groups excluding carboxylic acids is 2. The van der Waals surface area contributed by atoms with Crippen molar-refractivity contribution >= 4 is 11.9 Å². The third-order valence-corrected chi connectivity index (χ3v) is 5.45. The Morgan fingerprint density at radius 1 is 0.688 bits per heavy atom. The van der Waals surface area contributed by atoms with Crippen LogP contribution < -0.4 is 20.1 Å². The Morgan fingerprint density at radius 3 is 1.50 bits per heavy atom. The van der Waals surface area contributed by atoms with Crippen LogP contribution in [-0.2, 0) is 19.1 Å². The summed E-state index contributed by atoms with van der Waals surface area (Å²) in [6.45, 7) is 5.78. The lowest BCUT2D eigenvalue weighted by atomic mass is 10.2. The minimum absolute atomic E-state index is 0.390. The van der Waals surface area contributed by atoms with Crippen molar-refractivity contribution in [3.63, 3.8) is 0 Å². The zero-order chi connectivity index (χ0) is 22.5. The molecule has 2 aliphatic rings. The number of benzene rings is 2. The van der Waals surface area contributed by atoms with E-state index in [1.165, 1.54) is 0 Å². The molecule has 0 bridgehead atoms. The van der Waals surface area contributed by atoms with E-state index in [9.17, 15) is 9.59 Å². The highest BCUT2D eigenvalue weighted by Gasteiger charge is 2.38. The topological polar surface area (TPSA) is 95.1 Å². The van der Waals surface area contributed by atoms with Crippen LogP contribution in [0.3, 0.4) is 0 Å². The highest BCUT2D eigenvalue weighted by atomic mass is 16.6. The van der Waals surface area contributed by atoms with Gasteiger partial charge in [0.05, 0.1) is 0 Å². The van der Waals surface area contributed by atoms with Gasteiger partial charge in [-0.25, -0.2) is 9.59 Å². The van der Waals surface area contributed by atoms with Gasteiger partial charge in [-0.15, -0.1) is 0 Å². The number of aryl methyl sites for hydroxylation is 2. The van der Waals surface area contributed by atoms with Crippen LogP contribution in [-0.4, -0.2) is 62.5 Å². The molecule has 4 unspecified atom stereocenters. The van der Waals surface area contributed by atoms with E-state index in [-0.39, 0.29) is 12.2 Å². The second kappa shape index (κ2) is 10.0. The van der Waals surface area contributed by atoms with E-state index in [4.69, 9.17) is 18.9 Å². The van der Waals surface area contributed by atoms with Gasteiger partial charge in [-0.1, -0.05) is 24.3 Å². The first-order valence-electron chi connectivity index (χ1n) is 10.8. The summed E-state index contributed by atoms with van der Waals surface area (Å²) < 4.78 is 22.7. The molecule has 0 radical (unpaired) electrons. The van der Waals surface area contributed by atoms with Crippen LogP contribution in [0.15, 0.2) is 48.5 Å². The third kappa shape index (κ3) is 5.57. The maximum atomic E-state index is 12.4. The van der Waals surface area contributed by atoms with E-state index in [1.807, 2.05) is 62.4 Å². The summed E-state index contributed by atoms with van der Waals surface area (Å²) in [4.78, 5) is 24.8. The van der Waals surface area contributed by atoms with Gasteiger partial charge in [0, 0.05) is 26.2 Å². The third-order valence-electron chi connectivity index (χ3n) is 5.45. The van der Waals surface area contributed by atoms with Crippen LogP contribution in [0, 0.1) is 13.8 Å². The number of hydrogen-bond acceptors (Lipinski definition) is 8. The predicted molar refractivity (Wildman–Crippen MR) is 117 cm³/mol. The summed E-state index contributed by atoms with van der Waals surface area (Å²) in [5.74, 6) is -0.679. The van der Waals surface area contributed by atoms with Gasteiger partial charge in [0.15, 0.2) is 12.2 Å². The monoisotopic (exact) mass is 440 g/mol. The van der Waals surface area contributed by atoms with Crippen molar-refractivity contribution in [3.05, 3.63) is 59.7 Å². The molecule has 2 saturated heterocycles. The molecule has 0 aliphatic carbocycles. The van der Waals surface area contributed by atoms with Gasteiger partial charge >= 0.3 is 11.9 Å². The summed E-state index contributed by atoms with van der Waals surface area (Å²) in [7, 11) is 0. The van der Waals surface area contributed by atoms with Crippen LogP contribution in [0.2, 0.25) is 0 Å². The summed E-state index contributed by atoms with van der Waals surface area (Å²) in [5, 5.41) is 6.26. The lowest BCUT2D eigenvalue weighted by Crippen LogP contribution is -2.40. The molecule has 4 atom stereocenters. The fraction of sp³-hybridized carbons (Fsp3) is 0.417. The molecule has 170 valence electrons. The van der Waals surface area contributed by atoms with E-state index in [1.54, 1.807) is 0 Å². The van der Waals surface area contributed by atoms with Gasteiger partial charge in [0.1, 0.15) is 23.7 Å². The van der Waals surface area contributed by atoms with Crippen molar-refractivity contribution in [1.82, 2.24) is 10.6 Å². The van der Waals surface area contributed by atoms with E-state index < -0.39 is 24.1 Å².